The molecule has 78 valence electrons. The predicted octanol–water partition coefficient (Wildman–Crippen LogP) is 1.54. The number of hydrogen-bond acceptors (Lipinski definition) is 2. The quantitative estimate of drug-likeness (QED) is 0.650. The molecule has 0 atom stereocenters. The Balaban J connectivity index is 2.77. The van der Waals surface area contributed by atoms with Crippen LogP contribution in [0, 0.1) is 6.92 Å². The van der Waals surface area contributed by atoms with Crippen LogP contribution in [0.1, 0.15) is 35.3 Å². The molecule has 0 radical (unpaired) electrons. The molecule has 0 spiro atoms. The molecule has 0 unspecified atom stereocenters. The van der Waals surface area contributed by atoms with Gasteiger partial charge in [-0.1, -0.05) is 12.1 Å². The third-order valence-corrected chi connectivity index (χ3v) is 2.94. The van der Waals surface area contributed by atoms with Crippen molar-refractivity contribution >= 4 is 11.8 Å². The average molecular weight is 203 g/mol. The lowest BCUT2D eigenvalue weighted by molar-refractivity contribution is -0.125. The van der Waals surface area contributed by atoms with E-state index in [1.807, 2.05) is 32.9 Å². The predicted molar refractivity (Wildman–Crippen MR) is 56.7 cm³/mol. The van der Waals surface area contributed by atoms with Gasteiger partial charge < -0.3 is 0 Å². The van der Waals surface area contributed by atoms with E-state index in [0.29, 0.717) is 5.56 Å². The monoisotopic (exact) mass is 203 g/mol. The van der Waals surface area contributed by atoms with Crippen molar-refractivity contribution in [2.75, 3.05) is 0 Å². The first kappa shape index (κ1) is 9.90. The number of nitrogens with one attached hydrogen (secondary N) is 1. The van der Waals surface area contributed by atoms with Gasteiger partial charge in [-0.3, -0.25) is 14.9 Å². The second-order valence-electron chi connectivity index (χ2n) is 4.41. The highest BCUT2D eigenvalue weighted by molar-refractivity contribution is 6.13. The summed E-state index contributed by atoms with van der Waals surface area (Å²) in [6.45, 7) is 5.59. The Morgan fingerprint density at radius 1 is 1.20 bits per heavy atom. The van der Waals surface area contributed by atoms with Crippen molar-refractivity contribution in [3.05, 3.63) is 34.9 Å². The third-order valence-electron chi connectivity index (χ3n) is 2.94. The van der Waals surface area contributed by atoms with Gasteiger partial charge >= 0.3 is 0 Å². The van der Waals surface area contributed by atoms with E-state index in [0.717, 1.165) is 11.1 Å². The largest absolute Gasteiger partial charge is 0.292 e. The van der Waals surface area contributed by atoms with Crippen LogP contribution >= 0.6 is 0 Å². The molecule has 1 aliphatic rings. The summed E-state index contributed by atoms with van der Waals surface area (Å²) in [6, 6.07) is 5.51. The van der Waals surface area contributed by atoms with Crippen LogP contribution in [-0.2, 0) is 10.2 Å². The normalized spacial score (nSPS) is 18.3. The third kappa shape index (κ3) is 1.27. The van der Waals surface area contributed by atoms with Crippen molar-refractivity contribution in [1.29, 1.82) is 0 Å². The van der Waals surface area contributed by atoms with Crippen LogP contribution in [0.4, 0.5) is 0 Å². The highest BCUT2D eigenvalue weighted by atomic mass is 16.2. The fourth-order valence-corrected chi connectivity index (χ4v) is 2.13. The van der Waals surface area contributed by atoms with Crippen LogP contribution < -0.4 is 5.32 Å². The number of imide groups is 1. The van der Waals surface area contributed by atoms with Crippen LogP contribution in [0.25, 0.3) is 0 Å². The molecular weight excluding hydrogens is 190 g/mol. The molecule has 0 saturated carbocycles. The van der Waals surface area contributed by atoms with E-state index in [1.54, 1.807) is 6.07 Å². The number of benzene rings is 1. The van der Waals surface area contributed by atoms with Gasteiger partial charge in [-0.2, -0.15) is 0 Å². The second kappa shape index (κ2) is 2.92. The fourth-order valence-electron chi connectivity index (χ4n) is 2.13. The van der Waals surface area contributed by atoms with Crippen LogP contribution in [0.5, 0.6) is 0 Å². The van der Waals surface area contributed by atoms with E-state index in [4.69, 9.17) is 0 Å². The molecule has 1 aromatic rings. The zero-order chi connectivity index (χ0) is 11.2. The number of amides is 2. The van der Waals surface area contributed by atoms with Gasteiger partial charge in [0, 0.05) is 5.56 Å². The molecule has 1 aromatic carbocycles. The molecule has 0 bridgehead atoms. The lowest BCUT2D eigenvalue weighted by atomic mass is 9.76. The number of rotatable bonds is 0. The minimum absolute atomic E-state index is 0.227. The summed E-state index contributed by atoms with van der Waals surface area (Å²) >= 11 is 0. The van der Waals surface area contributed by atoms with Gasteiger partial charge in [0.2, 0.25) is 5.91 Å². The van der Waals surface area contributed by atoms with E-state index < -0.39 is 5.41 Å². The maximum Gasteiger partial charge on any atom is 0.258 e. The molecule has 1 heterocycles. The van der Waals surface area contributed by atoms with Crippen LogP contribution in [0.15, 0.2) is 18.2 Å². The number of fused-ring (bicyclic) bond motifs is 1. The highest BCUT2D eigenvalue weighted by Crippen LogP contribution is 2.32. The molecule has 2 amide bonds. The minimum atomic E-state index is -0.630. The van der Waals surface area contributed by atoms with Crippen molar-refractivity contribution in [2.24, 2.45) is 0 Å². The summed E-state index contributed by atoms with van der Waals surface area (Å²) in [5.74, 6) is -0.521. The lowest BCUT2D eigenvalue weighted by Crippen LogP contribution is -2.49. The van der Waals surface area contributed by atoms with Crippen molar-refractivity contribution < 1.29 is 9.59 Å². The summed E-state index contributed by atoms with van der Waals surface area (Å²) in [7, 11) is 0. The molecule has 0 aliphatic carbocycles. The van der Waals surface area contributed by atoms with Crippen LogP contribution in [0.2, 0.25) is 0 Å². The van der Waals surface area contributed by atoms with E-state index >= 15 is 0 Å². The number of carbonyl (C=O) groups excluding carboxylic acids is 2. The first-order valence-corrected chi connectivity index (χ1v) is 4.90. The van der Waals surface area contributed by atoms with Gasteiger partial charge in [0.25, 0.3) is 5.91 Å². The summed E-state index contributed by atoms with van der Waals surface area (Å²) in [5.41, 5.74) is 1.81. The second-order valence-corrected chi connectivity index (χ2v) is 4.41. The van der Waals surface area contributed by atoms with Crippen molar-refractivity contribution in [1.82, 2.24) is 5.32 Å². The molecule has 15 heavy (non-hydrogen) atoms. The Kier molecular flexibility index (Phi) is 1.93. The summed E-state index contributed by atoms with van der Waals surface area (Å²) in [6.07, 6.45) is 0. The Morgan fingerprint density at radius 2 is 1.87 bits per heavy atom. The molecule has 0 aromatic heterocycles. The fraction of sp³-hybridized carbons (Fsp3) is 0.333. The van der Waals surface area contributed by atoms with E-state index in [2.05, 4.69) is 5.32 Å². The zero-order valence-corrected chi connectivity index (χ0v) is 9.05. The molecule has 1 aliphatic heterocycles. The first-order chi connectivity index (χ1) is 6.94. The molecular formula is C12H13NO2. The lowest BCUT2D eigenvalue weighted by Gasteiger charge is -2.31. The minimum Gasteiger partial charge on any atom is -0.292 e. The molecule has 3 nitrogen and oxygen atoms in total. The van der Waals surface area contributed by atoms with Crippen LogP contribution in [-0.4, -0.2) is 11.8 Å². The zero-order valence-electron chi connectivity index (χ0n) is 9.05. The maximum atomic E-state index is 11.7. The number of carbonyl (C=O) groups is 2. The molecule has 2 rings (SSSR count). The Hall–Kier alpha value is -1.64. The summed E-state index contributed by atoms with van der Waals surface area (Å²) in [4.78, 5) is 23.3. The van der Waals surface area contributed by atoms with Crippen molar-refractivity contribution in [3.63, 3.8) is 0 Å². The highest BCUT2D eigenvalue weighted by Gasteiger charge is 2.39. The van der Waals surface area contributed by atoms with E-state index in [9.17, 15) is 9.59 Å². The Bertz CT molecular complexity index is 461. The van der Waals surface area contributed by atoms with E-state index in [1.165, 1.54) is 0 Å². The SMILES string of the molecule is Cc1cccc2c1C(C)(C)C(=O)NC2=O. The Morgan fingerprint density at radius 3 is 2.53 bits per heavy atom. The van der Waals surface area contributed by atoms with E-state index in [-0.39, 0.29) is 11.8 Å². The van der Waals surface area contributed by atoms with Gasteiger partial charge in [0.15, 0.2) is 0 Å². The standard InChI is InChI=1S/C12H13NO2/c1-7-5-4-6-8-9(7)12(2,3)11(15)13-10(8)14/h4-6H,1-3H3,(H,13,14,15). The molecule has 3 heteroatoms. The van der Waals surface area contributed by atoms with Crippen LogP contribution in [0.3, 0.4) is 0 Å². The first-order valence-electron chi connectivity index (χ1n) is 4.90. The number of hydrogen-bond donors (Lipinski definition) is 1. The van der Waals surface area contributed by atoms with Gasteiger partial charge in [-0.25, -0.2) is 0 Å². The van der Waals surface area contributed by atoms with Gasteiger partial charge in [0.05, 0.1) is 5.41 Å². The topological polar surface area (TPSA) is 46.2 Å². The molecule has 0 saturated heterocycles. The van der Waals surface area contributed by atoms with Crippen molar-refractivity contribution in [3.8, 4) is 0 Å². The molecule has 0 fully saturated rings. The average Bonchev–Trinajstić information content (AvgIpc) is 2.14. The maximum absolute atomic E-state index is 11.7. The van der Waals surface area contributed by atoms with Gasteiger partial charge in [-0.15, -0.1) is 0 Å². The summed E-state index contributed by atoms with van der Waals surface area (Å²) in [5, 5.41) is 2.38. The molecule has 1 N–H and O–H groups in total. The number of aryl methyl sites for hydroxylation is 1. The Labute approximate surface area is 88.5 Å². The van der Waals surface area contributed by atoms with Crippen molar-refractivity contribution in [2.45, 2.75) is 26.2 Å². The van der Waals surface area contributed by atoms with Gasteiger partial charge in [-0.05, 0) is 38.0 Å². The summed E-state index contributed by atoms with van der Waals surface area (Å²) < 4.78 is 0. The smallest absolute Gasteiger partial charge is 0.258 e. The van der Waals surface area contributed by atoms with Gasteiger partial charge in [0.1, 0.15) is 0 Å².